The summed E-state index contributed by atoms with van der Waals surface area (Å²) < 4.78 is 23.3. The Morgan fingerprint density at radius 2 is 1.71 bits per heavy atom. The molecule has 0 aromatic carbocycles. The molecular weight excluding hydrogens is 344 g/mol. The zero-order valence-corrected chi connectivity index (χ0v) is 17.9. The van der Waals surface area contributed by atoms with Crippen molar-refractivity contribution < 1.29 is 28.2 Å². The highest BCUT2D eigenvalue weighted by molar-refractivity contribution is 6.70. The molecule has 0 radical (unpaired) electrons. The Morgan fingerprint density at radius 1 is 1.17 bits per heavy atom. The molecular formula is C16H32O6Si2. The lowest BCUT2D eigenvalue weighted by atomic mass is 10.0. The van der Waals surface area contributed by atoms with E-state index in [4.69, 9.17) is 18.3 Å². The quantitative estimate of drug-likeness (QED) is 0.418. The molecule has 140 valence electrons. The molecule has 1 aliphatic rings. The lowest BCUT2D eigenvalue weighted by molar-refractivity contribution is -0.235. The Hall–Kier alpha value is -0.516. The van der Waals surface area contributed by atoms with Crippen LogP contribution in [-0.4, -0.2) is 58.9 Å². The van der Waals surface area contributed by atoms with E-state index in [1.807, 2.05) is 0 Å². The highest BCUT2D eigenvalue weighted by Gasteiger charge is 2.43. The van der Waals surface area contributed by atoms with Crippen LogP contribution in [0.1, 0.15) is 13.3 Å². The van der Waals surface area contributed by atoms with Crippen LogP contribution in [0.4, 0.5) is 0 Å². The fourth-order valence-electron chi connectivity index (χ4n) is 2.45. The van der Waals surface area contributed by atoms with E-state index < -0.39 is 35.0 Å². The SMILES string of the molecule is C=C(C)C(=O)OC[C@H]1O[C@H](O)CC(O[Si](C)(C)C)C1O[Si](C)(C)C. The second kappa shape index (κ2) is 8.24. The van der Waals surface area contributed by atoms with Gasteiger partial charge < -0.3 is 23.4 Å². The Balaban J connectivity index is 2.93. The molecule has 0 saturated carbocycles. The number of aliphatic hydroxyl groups excluding tert-OH is 1. The van der Waals surface area contributed by atoms with Crippen LogP contribution in [-0.2, 0) is 23.1 Å². The van der Waals surface area contributed by atoms with Gasteiger partial charge in [-0.25, -0.2) is 4.79 Å². The average Bonchev–Trinajstić information content (AvgIpc) is 2.36. The van der Waals surface area contributed by atoms with Gasteiger partial charge in [0.1, 0.15) is 12.7 Å². The first-order valence-corrected chi connectivity index (χ1v) is 15.1. The highest BCUT2D eigenvalue weighted by Crippen LogP contribution is 2.29. The van der Waals surface area contributed by atoms with Crippen molar-refractivity contribution in [1.82, 2.24) is 0 Å². The smallest absolute Gasteiger partial charge is 0.333 e. The molecule has 1 aliphatic heterocycles. The summed E-state index contributed by atoms with van der Waals surface area (Å²) in [5.74, 6) is -0.479. The third kappa shape index (κ3) is 7.58. The number of rotatable bonds is 7. The summed E-state index contributed by atoms with van der Waals surface area (Å²) in [5.41, 5.74) is 0.323. The molecule has 0 amide bonds. The number of ether oxygens (including phenoxy) is 2. The maximum absolute atomic E-state index is 11.7. The van der Waals surface area contributed by atoms with Crippen LogP contribution < -0.4 is 0 Å². The third-order valence-corrected chi connectivity index (χ3v) is 5.21. The summed E-state index contributed by atoms with van der Waals surface area (Å²) >= 11 is 0. The summed E-state index contributed by atoms with van der Waals surface area (Å²) in [5, 5.41) is 10.0. The van der Waals surface area contributed by atoms with E-state index in [0.717, 1.165) is 0 Å². The normalized spacial score (nSPS) is 28.5. The van der Waals surface area contributed by atoms with Crippen molar-refractivity contribution in [2.75, 3.05) is 6.61 Å². The molecule has 0 spiro atoms. The second-order valence-electron chi connectivity index (χ2n) is 8.21. The predicted molar refractivity (Wildman–Crippen MR) is 97.7 cm³/mol. The maximum atomic E-state index is 11.7. The third-order valence-electron chi connectivity index (χ3n) is 3.22. The first-order valence-electron chi connectivity index (χ1n) is 8.30. The Bertz CT molecular complexity index is 454. The minimum absolute atomic E-state index is 0.00343. The molecule has 1 fully saturated rings. The monoisotopic (exact) mass is 376 g/mol. The first kappa shape index (κ1) is 21.5. The van der Waals surface area contributed by atoms with E-state index in [2.05, 4.69) is 45.9 Å². The number of aliphatic hydroxyl groups is 1. The maximum Gasteiger partial charge on any atom is 0.333 e. The molecule has 24 heavy (non-hydrogen) atoms. The van der Waals surface area contributed by atoms with Crippen molar-refractivity contribution in [2.24, 2.45) is 0 Å². The van der Waals surface area contributed by atoms with Gasteiger partial charge in [0.05, 0.1) is 12.2 Å². The first-order chi connectivity index (χ1) is 10.8. The van der Waals surface area contributed by atoms with Crippen molar-refractivity contribution >= 4 is 22.6 Å². The summed E-state index contributed by atoms with van der Waals surface area (Å²) in [7, 11) is -3.72. The number of esters is 1. The van der Waals surface area contributed by atoms with Crippen LogP contribution >= 0.6 is 0 Å². The van der Waals surface area contributed by atoms with Crippen molar-refractivity contribution in [1.29, 1.82) is 0 Å². The van der Waals surface area contributed by atoms with Gasteiger partial charge in [-0.15, -0.1) is 0 Å². The van der Waals surface area contributed by atoms with Gasteiger partial charge in [-0.1, -0.05) is 6.58 Å². The molecule has 4 atom stereocenters. The molecule has 2 unspecified atom stereocenters. The van der Waals surface area contributed by atoms with Crippen LogP contribution in [0.25, 0.3) is 0 Å². The largest absolute Gasteiger partial charge is 0.459 e. The van der Waals surface area contributed by atoms with Gasteiger partial charge in [0.2, 0.25) is 0 Å². The summed E-state index contributed by atoms with van der Waals surface area (Å²) in [6.45, 7) is 17.7. The molecule has 1 rings (SSSR count). The van der Waals surface area contributed by atoms with Gasteiger partial charge in [0.25, 0.3) is 0 Å². The molecule has 1 N–H and O–H groups in total. The molecule has 1 saturated heterocycles. The molecule has 1 heterocycles. The van der Waals surface area contributed by atoms with E-state index in [-0.39, 0.29) is 18.8 Å². The molecule has 8 heteroatoms. The van der Waals surface area contributed by atoms with Gasteiger partial charge in [-0.05, 0) is 46.2 Å². The Morgan fingerprint density at radius 3 is 2.17 bits per heavy atom. The fourth-order valence-corrected chi connectivity index (χ4v) is 4.71. The number of carbonyl (C=O) groups is 1. The molecule has 0 aromatic rings. The zero-order valence-electron chi connectivity index (χ0n) is 15.9. The van der Waals surface area contributed by atoms with Gasteiger partial charge in [0.15, 0.2) is 22.9 Å². The minimum Gasteiger partial charge on any atom is -0.459 e. The van der Waals surface area contributed by atoms with Crippen LogP contribution in [0.2, 0.25) is 39.3 Å². The number of carbonyl (C=O) groups excluding carboxylic acids is 1. The highest BCUT2D eigenvalue weighted by atomic mass is 28.4. The van der Waals surface area contributed by atoms with Gasteiger partial charge in [-0.2, -0.15) is 0 Å². The molecule has 0 bridgehead atoms. The fraction of sp³-hybridized carbons (Fsp3) is 0.812. The lowest BCUT2D eigenvalue weighted by Gasteiger charge is -2.44. The van der Waals surface area contributed by atoms with E-state index in [0.29, 0.717) is 12.0 Å². The van der Waals surface area contributed by atoms with Crippen molar-refractivity contribution in [2.45, 2.75) is 77.2 Å². The number of hydrogen-bond acceptors (Lipinski definition) is 6. The zero-order chi connectivity index (χ0) is 18.7. The average molecular weight is 377 g/mol. The van der Waals surface area contributed by atoms with Crippen LogP contribution in [0.3, 0.4) is 0 Å². The van der Waals surface area contributed by atoms with Crippen molar-refractivity contribution in [3.8, 4) is 0 Å². The standard InChI is InChI=1S/C16H32O6Si2/c1-11(2)16(18)19-10-13-15(22-24(6,7)8)12(9-14(17)20-13)21-23(3,4)5/h12-15,17H,1,9-10H2,2-8H3/t12?,13-,14+,15?/m1/s1. The molecule has 0 aromatic heterocycles. The van der Waals surface area contributed by atoms with Crippen molar-refractivity contribution in [3.05, 3.63) is 12.2 Å². The van der Waals surface area contributed by atoms with Crippen LogP contribution in [0, 0.1) is 0 Å². The minimum atomic E-state index is -1.89. The van der Waals surface area contributed by atoms with Crippen LogP contribution in [0.5, 0.6) is 0 Å². The number of hydrogen-bond donors (Lipinski definition) is 1. The topological polar surface area (TPSA) is 74.2 Å². The second-order valence-corrected chi connectivity index (χ2v) is 17.1. The van der Waals surface area contributed by atoms with Crippen LogP contribution in [0.15, 0.2) is 12.2 Å². The van der Waals surface area contributed by atoms with Crippen molar-refractivity contribution in [3.63, 3.8) is 0 Å². The summed E-state index contributed by atoms with van der Waals surface area (Å²) in [6.07, 6.45) is -1.82. The Labute approximate surface area is 147 Å². The van der Waals surface area contributed by atoms with Gasteiger partial charge >= 0.3 is 5.97 Å². The van der Waals surface area contributed by atoms with E-state index in [9.17, 15) is 9.90 Å². The Kier molecular flexibility index (Phi) is 7.39. The summed E-state index contributed by atoms with van der Waals surface area (Å²) in [6, 6.07) is 0. The molecule has 6 nitrogen and oxygen atoms in total. The van der Waals surface area contributed by atoms with E-state index in [1.54, 1.807) is 6.92 Å². The van der Waals surface area contributed by atoms with Gasteiger partial charge in [-0.3, -0.25) is 0 Å². The van der Waals surface area contributed by atoms with Gasteiger partial charge in [0, 0.05) is 12.0 Å². The van der Waals surface area contributed by atoms with E-state index >= 15 is 0 Å². The lowest BCUT2D eigenvalue weighted by Crippen LogP contribution is -2.57. The predicted octanol–water partition coefficient (Wildman–Crippen LogP) is 2.65. The van der Waals surface area contributed by atoms with E-state index in [1.165, 1.54) is 0 Å². The molecule has 0 aliphatic carbocycles. The summed E-state index contributed by atoms with van der Waals surface area (Å²) in [4.78, 5) is 11.7.